The lowest BCUT2D eigenvalue weighted by Crippen LogP contribution is -2.46. The van der Waals surface area contributed by atoms with E-state index in [2.05, 4.69) is 4.98 Å². The van der Waals surface area contributed by atoms with Crippen LogP contribution in [0.2, 0.25) is 0 Å². The molecule has 1 aliphatic rings. The van der Waals surface area contributed by atoms with E-state index in [1.54, 1.807) is 25.5 Å². The summed E-state index contributed by atoms with van der Waals surface area (Å²) < 4.78 is 0. The number of amides is 2. The number of nitrogens with zero attached hydrogens (tertiary/aromatic N) is 3. The number of aromatic nitrogens is 1. The summed E-state index contributed by atoms with van der Waals surface area (Å²) in [7, 11) is 1.60. The van der Waals surface area contributed by atoms with Gasteiger partial charge in [-0.1, -0.05) is 6.07 Å². The Morgan fingerprint density at radius 3 is 2.90 bits per heavy atom. The molecule has 2 rings (SSSR count). The van der Waals surface area contributed by atoms with E-state index < -0.39 is 24.1 Å². The number of β-amino-alcohol motifs (C(OH)–C–C–N with tert-alkyl or cyclic N) is 1. The number of likely N-dealkylation sites (tertiary alicyclic amines) is 1. The third kappa shape index (κ3) is 3.05. The normalized spacial score (nSPS) is 21.8. The zero-order valence-corrected chi connectivity index (χ0v) is 11.1. The summed E-state index contributed by atoms with van der Waals surface area (Å²) in [5.74, 6) is -1.09. The van der Waals surface area contributed by atoms with Gasteiger partial charge in [0.1, 0.15) is 6.04 Å². The maximum atomic E-state index is 12.3. The van der Waals surface area contributed by atoms with Crippen molar-refractivity contribution in [3.63, 3.8) is 0 Å². The molecule has 7 heteroatoms. The number of carbonyl (C=O) groups is 2. The summed E-state index contributed by atoms with van der Waals surface area (Å²) in [6, 6.07) is 2.24. The van der Waals surface area contributed by atoms with Crippen LogP contribution in [0.4, 0.5) is 4.79 Å². The average Bonchev–Trinajstić information content (AvgIpc) is 2.81. The SMILES string of the molecule is CN(Cc1cccnc1)C(=O)N1C[C@H](O)C[C@@H]1C(=O)O. The van der Waals surface area contributed by atoms with Gasteiger partial charge in [0, 0.05) is 39.0 Å². The predicted octanol–water partition coefficient (Wildman–Crippen LogP) is 0.153. The maximum Gasteiger partial charge on any atom is 0.326 e. The van der Waals surface area contributed by atoms with Gasteiger partial charge in [-0.15, -0.1) is 0 Å². The van der Waals surface area contributed by atoms with Gasteiger partial charge in [0.15, 0.2) is 0 Å². The van der Waals surface area contributed by atoms with Crippen molar-refractivity contribution >= 4 is 12.0 Å². The minimum absolute atomic E-state index is 0.0488. The van der Waals surface area contributed by atoms with Crippen LogP contribution in [-0.4, -0.2) is 62.7 Å². The van der Waals surface area contributed by atoms with Crippen LogP contribution in [-0.2, 0) is 11.3 Å². The van der Waals surface area contributed by atoms with Gasteiger partial charge in [0.25, 0.3) is 0 Å². The van der Waals surface area contributed by atoms with E-state index in [1.165, 1.54) is 9.80 Å². The Labute approximate surface area is 116 Å². The number of rotatable bonds is 3. The molecule has 0 aliphatic carbocycles. The number of aliphatic hydroxyl groups excluding tert-OH is 1. The molecule has 0 bridgehead atoms. The molecule has 20 heavy (non-hydrogen) atoms. The largest absolute Gasteiger partial charge is 0.480 e. The first-order valence-corrected chi connectivity index (χ1v) is 6.30. The number of urea groups is 1. The molecule has 2 N–H and O–H groups in total. The highest BCUT2D eigenvalue weighted by molar-refractivity contribution is 5.83. The highest BCUT2D eigenvalue weighted by atomic mass is 16.4. The molecule has 2 heterocycles. The summed E-state index contributed by atoms with van der Waals surface area (Å²) in [4.78, 5) is 30.0. The summed E-state index contributed by atoms with van der Waals surface area (Å²) in [6.45, 7) is 0.388. The zero-order valence-electron chi connectivity index (χ0n) is 11.1. The first kappa shape index (κ1) is 14.3. The standard InChI is InChI=1S/C13H17N3O4/c1-15(7-9-3-2-4-14-6-9)13(20)16-8-10(17)5-11(16)12(18)19/h2-4,6,10-11,17H,5,7-8H2,1H3,(H,18,19)/t10-,11-/m1/s1. The summed E-state index contributed by atoms with van der Waals surface area (Å²) in [5, 5.41) is 18.6. The molecule has 1 fully saturated rings. The lowest BCUT2D eigenvalue weighted by Gasteiger charge is -2.27. The van der Waals surface area contributed by atoms with E-state index in [1.807, 2.05) is 6.07 Å². The van der Waals surface area contributed by atoms with Crippen molar-refractivity contribution in [2.75, 3.05) is 13.6 Å². The third-order valence-electron chi connectivity index (χ3n) is 3.28. The van der Waals surface area contributed by atoms with Gasteiger partial charge in [-0.2, -0.15) is 0 Å². The first-order valence-electron chi connectivity index (χ1n) is 6.30. The number of carboxylic acids is 1. The highest BCUT2D eigenvalue weighted by Crippen LogP contribution is 2.20. The molecular weight excluding hydrogens is 262 g/mol. The van der Waals surface area contributed by atoms with Crippen molar-refractivity contribution < 1.29 is 19.8 Å². The highest BCUT2D eigenvalue weighted by Gasteiger charge is 2.39. The van der Waals surface area contributed by atoms with Crippen molar-refractivity contribution in [1.82, 2.24) is 14.8 Å². The molecule has 2 atom stereocenters. The topological polar surface area (TPSA) is 94.0 Å². The molecule has 0 radical (unpaired) electrons. The van der Waals surface area contributed by atoms with Crippen LogP contribution in [0.25, 0.3) is 0 Å². The van der Waals surface area contributed by atoms with E-state index in [4.69, 9.17) is 5.11 Å². The Balaban J connectivity index is 2.04. The average molecular weight is 279 g/mol. The van der Waals surface area contributed by atoms with Crippen molar-refractivity contribution in [3.05, 3.63) is 30.1 Å². The molecule has 2 amide bonds. The van der Waals surface area contributed by atoms with E-state index in [9.17, 15) is 14.7 Å². The number of hydrogen-bond acceptors (Lipinski definition) is 4. The molecule has 7 nitrogen and oxygen atoms in total. The molecule has 0 aromatic carbocycles. The molecule has 1 aromatic heterocycles. The minimum Gasteiger partial charge on any atom is -0.480 e. The third-order valence-corrected chi connectivity index (χ3v) is 3.28. The molecular formula is C13H17N3O4. The number of pyridine rings is 1. The minimum atomic E-state index is -1.09. The summed E-state index contributed by atoms with van der Waals surface area (Å²) >= 11 is 0. The fourth-order valence-corrected chi connectivity index (χ4v) is 2.31. The monoisotopic (exact) mass is 279 g/mol. The van der Waals surface area contributed by atoms with Gasteiger partial charge in [0.05, 0.1) is 6.10 Å². The summed E-state index contributed by atoms with van der Waals surface area (Å²) in [6.07, 6.45) is 2.58. The van der Waals surface area contributed by atoms with Crippen LogP contribution in [0.1, 0.15) is 12.0 Å². The molecule has 0 unspecified atom stereocenters. The van der Waals surface area contributed by atoms with E-state index >= 15 is 0 Å². The van der Waals surface area contributed by atoms with Crippen LogP contribution in [0, 0.1) is 0 Å². The zero-order chi connectivity index (χ0) is 14.7. The van der Waals surface area contributed by atoms with Gasteiger partial charge in [-0.25, -0.2) is 9.59 Å². The summed E-state index contributed by atoms with van der Waals surface area (Å²) in [5.41, 5.74) is 0.856. The van der Waals surface area contributed by atoms with Gasteiger partial charge in [-0.3, -0.25) is 4.98 Å². The van der Waals surface area contributed by atoms with Crippen LogP contribution in [0.3, 0.4) is 0 Å². The van der Waals surface area contributed by atoms with Gasteiger partial charge in [0.2, 0.25) is 0 Å². The van der Waals surface area contributed by atoms with E-state index in [-0.39, 0.29) is 13.0 Å². The molecule has 1 saturated heterocycles. The van der Waals surface area contributed by atoms with Crippen LogP contribution in [0.15, 0.2) is 24.5 Å². The smallest absolute Gasteiger partial charge is 0.326 e. The quantitative estimate of drug-likeness (QED) is 0.821. The fourth-order valence-electron chi connectivity index (χ4n) is 2.31. The molecule has 0 spiro atoms. The lowest BCUT2D eigenvalue weighted by molar-refractivity contribution is -0.141. The van der Waals surface area contributed by atoms with Gasteiger partial charge >= 0.3 is 12.0 Å². The number of aliphatic carboxylic acids is 1. The molecule has 108 valence electrons. The number of aliphatic hydroxyl groups is 1. The van der Waals surface area contributed by atoms with Crippen molar-refractivity contribution in [1.29, 1.82) is 0 Å². The molecule has 1 aliphatic heterocycles. The van der Waals surface area contributed by atoms with Crippen LogP contribution >= 0.6 is 0 Å². The maximum absolute atomic E-state index is 12.3. The fraction of sp³-hybridized carbons (Fsp3) is 0.462. The first-order chi connectivity index (χ1) is 9.49. The van der Waals surface area contributed by atoms with Crippen LogP contribution in [0.5, 0.6) is 0 Å². The Hall–Kier alpha value is -2.15. The molecule has 1 aromatic rings. The van der Waals surface area contributed by atoms with Gasteiger partial charge in [-0.05, 0) is 11.6 Å². The van der Waals surface area contributed by atoms with E-state index in [0.717, 1.165) is 5.56 Å². The Morgan fingerprint density at radius 1 is 1.55 bits per heavy atom. The van der Waals surface area contributed by atoms with Crippen molar-refractivity contribution in [2.24, 2.45) is 0 Å². The van der Waals surface area contributed by atoms with Crippen LogP contribution < -0.4 is 0 Å². The number of hydrogen-bond donors (Lipinski definition) is 2. The number of carboxylic acid groups (broad SMARTS) is 1. The Bertz CT molecular complexity index is 494. The molecule has 0 saturated carbocycles. The van der Waals surface area contributed by atoms with Crippen molar-refractivity contribution in [2.45, 2.75) is 25.1 Å². The van der Waals surface area contributed by atoms with E-state index in [0.29, 0.717) is 6.54 Å². The Morgan fingerprint density at radius 2 is 2.30 bits per heavy atom. The Kier molecular flexibility index (Phi) is 4.19. The second kappa shape index (κ2) is 5.87. The number of carbonyl (C=O) groups excluding carboxylic acids is 1. The lowest BCUT2D eigenvalue weighted by atomic mass is 10.2. The predicted molar refractivity (Wildman–Crippen MR) is 69.9 cm³/mol. The van der Waals surface area contributed by atoms with Crippen molar-refractivity contribution in [3.8, 4) is 0 Å². The van der Waals surface area contributed by atoms with Gasteiger partial charge < -0.3 is 20.0 Å². The second-order valence-corrected chi connectivity index (χ2v) is 4.90. The second-order valence-electron chi connectivity index (χ2n) is 4.90.